The van der Waals surface area contributed by atoms with E-state index in [9.17, 15) is 8.42 Å². The quantitative estimate of drug-likeness (QED) is 0.604. The summed E-state index contributed by atoms with van der Waals surface area (Å²) in [7, 11) is -3.65. The summed E-state index contributed by atoms with van der Waals surface area (Å²) in [5, 5.41) is 0. The third-order valence-corrected chi connectivity index (χ3v) is 4.32. The maximum atomic E-state index is 12.2. The van der Waals surface area contributed by atoms with Crippen molar-refractivity contribution in [3.63, 3.8) is 0 Å². The van der Waals surface area contributed by atoms with Crippen LogP contribution >= 0.6 is 0 Å². The van der Waals surface area contributed by atoms with Gasteiger partial charge in [0.15, 0.2) is 0 Å². The van der Waals surface area contributed by atoms with Crippen molar-refractivity contribution in [3.05, 3.63) is 42.6 Å². The molecule has 0 aliphatic carbocycles. The molecule has 0 atom stereocenters. The lowest BCUT2D eigenvalue weighted by Gasteiger charge is -2.09. The van der Waals surface area contributed by atoms with Gasteiger partial charge < -0.3 is 10.5 Å². The summed E-state index contributed by atoms with van der Waals surface area (Å²) in [4.78, 5) is 4.22. The van der Waals surface area contributed by atoms with E-state index in [0.717, 1.165) is 12.8 Å². The molecule has 0 fully saturated rings. The largest absolute Gasteiger partial charge is 0.478 e. The molecular formula is C15H19N3O3S. The van der Waals surface area contributed by atoms with Crippen molar-refractivity contribution >= 4 is 21.4 Å². The van der Waals surface area contributed by atoms with Gasteiger partial charge in [-0.25, -0.2) is 13.4 Å². The predicted molar refractivity (Wildman–Crippen MR) is 86.3 cm³/mol. The van der Waals surface area contributed by atoms with Crippen LogP contribution in [0.4, 0.5) is 11.4 Å². The van der Waals surface area contributed by atoms with Crippen LogP contribution in [-0.4, -0.2) is 20.0 Å². The molecule has 0 unspecified atom stereocenters. The number of hydrogen-bond donors (Lipinski definition) is 2. The van der Waals surface area contributed by atoms with Gasteiger partial charge >= 0.3 is 0 Å². The highest BCUT2D eigenvalue weighted by Crippen LogP contribution is 2.18. The monoisotopic (exact) mass is 321 g/mol. The molecule has 0 saturated heterocycles. The molecule has 0 bridgehead atoms. The van der Waals surface area contributed by atoms with Gasteiger partial charge in [-0.05, 0) is 36.8 Å². The van der Waals surface area contributed by atoms with E-state index in [1.165, 1.54) is 30.5 Å². The molecule has 0 aliphatic heterocycles. The lowest BCUT2D eigenvalue weighted by atomic mass is 10.3. The van der Waals surface area contributed by atoms with E-state index in [0.29, 0.717) is 23.9 Å². The third kappa shape index (κ3) is 4.36. The Balaban J connectivity index is 2.05. The molecular weight excluding hydrogens is 302 g/mol. The Morgan fingerprint density at radius 3 is 2.50 bits per heavy atom. The average molecular weight is 321 g/mol. The Morgan fingerprint density at radius 1 is 1.18 bits per heavy atom. The van der Waals surface area contributed by atoms with E-state index in [2.05, 4.69) is 16.6 Å². The maximum absolute atomic E-state index is 12.2. The number of rotatable bonds is 7. The minimum Gasteiger partial charge on any atom is -0.478 e. The lowest BCUT2D eigenvalue weighted by molar-refractivity contribution is 0.298. The zero-order valence-corrected chi connectivity index (χ0v) is 13.1. The van der Waals surface area contributed by atoms with Crippen LogP contribution in [0.15, 0.2) is 47.5 Å². The molecule has 2 aromatic rings. The Labute approximate surface area is 130 Å². The Kier molecular flexibility index (Phi) is 5.21. The summed E-state index contributed by atoms with van der Waals surface area (Å²) in [6.07, 6.45) is 3.42. The van der Waals surface area contributed by atoms with Crippen LogP contribution in [-0.2, 0) is 10.0 Å². The number of benzene rings is 1. The molecule has 0 radical (unpaired) electrons. The van der Waals surface area contributed by atoms with Crippen molar-refractivity contribution in [3.8, 4) is 5.88 Å². The van der Waals surface area contributed by atoms with Crippen LogP contribution in [0.1, 0.15) is 19.8 Å². The van der Waals surface area contributed by atoms with Crippen molar-refractivity contribution in [1.29, 1.82) is 0 Å². The number of anilines is 2. The lowest BCUT2D eigenvalue weighted by Crippen LogP contribution is -2.13. The molecule has 22 heavy (non-hydrogen) atoms. The number of sulfonamides is 1. The first-order valence-electron chi connectivity index (χ1n) is 6.98. The van der Waals surface area contributed by atoms with Crippen molar-refractivity contribution < 1.29 is 13.2 Å². The molecule has 2 rings (SSSR count). The fourth-order valence-corrected chi connectivity index (χ4v) is 2.75. The summed E-state index contributed by atoms with van der Waals surface area (Å²) in [5.41, 5.74) is 6.43. The van der Waals surface area contributed by atoms with Crippen LogP contribution < -0.4 is 15.2 Å². The SMILES string of the molecule is CCCCOc1ccc(NS(=O)(=O)c2ccc(N)cc2)cn1. The number of ether oxygens (including phenoxy) is 1. The van der Waals surface area contributed by atoms with Crippen LogP contribution in [0.2, 0.25) is 0 Å². The van der Waals surface area contributed by atoms with Crippen LogP contribution in [0.3, 0.4) is 0 Å². The summed E-state index contributed by atoms with van der Waals surface area (Å²) in [6.45, 7) is 2.67. The van der Waals surface area contributed by atoms with E-state index in [1.54, 1.807) is 12.1 Å². The number of pyridine rings is 1. The summed E-state index contributed by atoms with van der Waals surface area (Å²) in [5.74, 6) is 0.476. The molecule has 1 aromatic heterocycles. The van der Waals surface area contributed by atoms with Gasteiger partial charge in [0, 0.05) is 11.8 Å². The second-order valence-corrected chi connectivity index (χ2v) is 6.44. The smallest absolute Gasteiger partial charge is 0.261 e. The van der Waals surface area contributed by atoms with E-state index in [-0.39, 0.29) is 4.90 Å². The summed E-state index contributed by atoms with van der Waals surface area (Å²) < 4.78 is 32.3. The Bertz CT molecular complexity index is 698. The van der Waals surface area contributed by atoms with Gasteiger partial charge in [0.05, 0.1) is 23.4 Å². The fraction of sp³-hybridized carbons (Fsp3) is 0.267. The van der Waals surface area contributed by atoms with Gasteiger partial charge in [-0.15, -0.1) is 0 Å². The number of nitrogen functional groups attached to an aromatic ring is 1. The van der Waals surface area contributed by atoms with Crippen molar-refractivity contribution in [2.45, 2.75) is 24.7 Å². The number of nitrogens with two attached hydrogens (primary N) is 1. The van der Waals surface area contributed by atoms with Crippen LogP contribution in [0, 0.1) is 0 Å². The highest BCUT2D eigenvalue weighted by molar-refractivity contribution is 7.92. The molecule has 1 aromatic carbocycles. The van der Waals surface area contributed by atoms with Gasteiger partial charge in [0.2, 0.25) is 5.88 Å². The number of unbranched alkanes of at least 4 members (excludes halogenated alkanes) is 1. The fourth-order valence-electron chi connectivity index (χ4n) is 1.71. The second-order valence-electron chi connectivity index (χ2n) is 4.76. The maximum Gasteiger partial charge on any atom is 0.261 e. The molecule has 118 valence electrons. The van der Waals surface area contributed by atoms with E-state index in [4.69, 9.17) is 10.5 Å². The highest BCUT2D eigenvalue weighted by Gasteiger charge is 2.14. The Morgan fingerprint density at radius 2 is 1.91 bits per heavy atom. The van der Waals surface area contributed by atoms with Crippen molar-refractivity contribution in [2.75, 3.05) is 17.1 Å². The Hall–Kier alpha value is -2.28. The summed E-state index contributed by atoms with van der Waals surface area (Å²) in [6, 6.07) is 9.23. The third-order valence-electron chi connectivity index (χ3n) is 2.93. The average Bonchev–Trinajstić information content (AvgIpc) is 2.49. The van der Waals surface area contributed by atoms with Crippen molar-refractivity contribution in [1.82, 2.24) is 4.98 Å². The molecule has 3 N–H and O–H groups in total. The number of aromatic nitrogens is 1. The van der Waals surface area contributed by atoms with Gasteiger partial charge in [-0.3, -0.25) is 4.72 Å². The molecule has 7 heteroatoms. The zero-order valence-electron chi connectivity index (χ0n) is 12.3. The number of nitrogens with one attached hydrogen (secondary N) is 1. The normalized spacial score (nSPS) is 11.1. The van der Waals surface area contributed by atoms with E-state index < -0.39 is 10.0 Å². The van der Waals surface area contributed by atoms with E-state index in [1.807, 2.05) is 0 Å². The topological polar surface area (TPSA) is 94.3 Å². The van der Waals surface area contributed by atoms with Gasteiger partial charge in [0.25, 0.3) is 10.0 Å². The summed E-state index contributed by atoms with van der Waals surface area (Å²) >= 11 is 0. The molecule has 0 aliphatic rings. The molecule has 6 nitrogen and oxygen atoms in total. The first-order chi connectivity index (χ1) is 10.5. The minimum absolute atomic E-state index is 0.143. The van der Waals surface area contributed by atoms with Crippen LogP contribution in [0.25, 0.3) is 0 Å². The van der Waals surface area contributed by atoms with Crippen LogP contribution in [0.5, 0.6) is 5.88 Å². The molecule has 0 saturated carbocycles. The number of nitrogens with zero attached hydrogens (tertiary/aromatic N) is 1. The standard InChI is InChI=1S/C15H19N3O3S/c1-2-3-10-21-15-9-6-13(11-17-15)18-22(19,20)14-7-4-12(16)5-8-14/h4-9,11,18H,2-3,10,16H2,1H3. The molecule has 1 heterocycles. The molecule has 0 amide bonds. The number of hydrogen-bond acceptors (Lipinski definition) is 5. The van der Waals surface area contributed by atoms with Gasteiger partial charge in [-0.1, -0.05) is 13.3 Å². The van der Waals surface area contributed by atoms with Gasteiger partial charge in [0.1, 0.15) is 0 Å². The second kappa shape index (κ2) is 7.13. The first-order valence-corrected chi connectivity index (χ1v) is 8.47. The van der Waals surface area contributed by atoms with Gasteiger partial charge in [-0.2, -0.15) is 0 Å². The van der Waals surface area contributed by atoms with E-state index >= 15 is 0 Å². The molecule has 0 spiro atoms. The predicted octanol–water partition coefficient (Wildman–Crippen LogP) is 2.64. The first kappa shape index (κ1) is 16.1. The highest BCUT2D eigenvalue weighted by atomic mass is 32.2. The minimum atomic E-state index is -3.65. The van der Waals surface area contributed by atoms with Crippen molar-refractivity contribution in [2.24, 2.45) is 0 Å². The zero-order chi connectivity index (χ0) is 16.0.